The topological polar surface area (TPSA) is 64.8 Å². The highest BCUT2D eigenvalue weighted by Gasteiger charge is 2.18. The minimum atomic E-state index is -0.0238. The summed E-state index contributed by atoms with van der Waals surface area (Å²) in [6.45, 7) is 5.74. The zero-order valence-corrected chi connectivity index (χ0v) is 13.2. The van der Waals surface area contributed by atoms with E-state index in [1.165, 1.54) is 0 Å². The summed E-state index contributed by atoms with van der Waals surface area (Å²) in [7, 11) is 1.63. The predicted molar refractivity (Wildman–Crippen MR) is 83.2 cm³/mol. The van der Waals surface area contributed by atoms with E-state index in [1.807, 2.05) is 31.2 Å². The van der Waals surface area contributed by atoms with Gasteiger partial charge in [0.15, 0.2) is 6.61 Å². The fraction of sp³-hybridized carbons (Fsp3) is 0.562. The van der Waals surface area contributed by atoms with Crippen LogP contribution in [0.15, 0.2) is 24.3 Å². The molecule has 0 saturated carbocycles. The summed E-state index contributed by atoms with van der Waals surface area (Å²) in [6, 6.07) is 7.64. The van der Waals surface area contributed by atoms with Gasteiger partial charge in [0.05, 0.1) is 6.61 Å². The zero-order chi connectivity index (χ0) is 15.7. The molecule has 0 aliphatic rings. The lowest BCUT2D eigenvalue weighted by Gasteiger charge is -2.28. The van der Waals surface area contributed by atoms with E-state index >= 15 is 0 Å². The highest BCUT2D eigenvalue weighted by molar-refractivity contribution is 5.78. The van der Waals surface area contributed by atoms with Crippen LogP contribution in [0.1, 0.15) is 25.8 Å². The number of hydrogen-bond acceptors (Lipinski definition) is 4. The molecule has 1 aromatic carbocycles. The van der Waals surface area contributed by atoms with Crippen LogP contribution in [0.5, 0.6) is 5.75 Å². The quantitative estimate of drug-likeness (QED) is 0.754. The third-order valence-electron chi connectivity index (χ3n) is 3.50. The molecule has 1 atom stereocenters. The first kappa shape index (κ1) is 17.5. The molecule has 0 aliphatic heterocycles. The van der Waals surface area contributed by atoms with E-state index in [-0.39, 0.29) is 18.6 Å². The van der Waals surface area contributed by atoms with Crippen molar-refractivity contribution in [1.29, 1.82) is 0 Å². The van der Waals surface area contributed by atoms with E-state index in [0.29, 0.717) is 25.4 Å². The summed E-state index contributed by atoms with van der Waals surface area (Å²) >= 11 is 0. The Kier molecular flexibility index (Phi) is 7.79. The van der Waals surface area contributed by atoms with Crippen molar-refractivity contribution >= 4 is 5.91 Å². The van der Waals surface area contributed by atoms with Crippen LogP contribution >= 0.6 is 0 Å². The van der Waals surface area contributed by atoms with Gasteiger partial charge in [-0.05, 0) is 31.0 Å². The van der Waals surface area contributed by atoms with Crippen LogP contribution in [0, 0.1) is 0 Å². The highest BCUT2D eigenvalue weighted by Crippen LogP contribution is 2.12. The Morgan fingerprint density at radius 2 is 2.00 bits per heavy atom. The van der Waals surface area contributed by atoms with Crippen molar-refractivity contribution in [3.8, 4) is 5.75 Å². The first-order valence-corrected chi connectivity index (χ1v) is 7.32. The maximum absolute atomic E-state index is 12.3. The molecule has 1 unspecified atom stereocenters. The average Bonchev–Trinajstić information content (AvgIpc) is 2.53. The molecular formula is C16H26N2O3. The smallest absolute Gasteiger partial charge is 0.260 e. The number of benzene rings is 1. The van der Waals surface area contributed by atoms with Crippen molar-refractivity contribution in [3.05, 3.63) is 29.8 Å². The van der Waals surface area contributed by atoms with Gasteiger partial charge in [0, 0.05) is 26.2 Å². The monoisotopic (exact) mass is 294 g/mol. The lowest BCUT2D eigenvalue weighted by atomic mass is 10.2. The van der Waals surface area contributed by atoms with Crippen molar-refractivity contribution in [3.63, 3.8) is 0 Å². The van der Waals surface area contributed by atoms with E-state index in [4.69, 9.17) is 15.2 Å². The molecule has 118 valence electrons. The summed E-state index contributed by atoms with van der Waals surface area (Å²) in [6.07, 6.45) is 0.903. The number of nitrogens with zero attached hydrogens (tertiary/aromatic N) is 1. The van der Waals surface area contributed by atoms with Crippen molar-refractivity contribution in [2.45, 2.75) is 32.9 Å². The zero-order valence-electron chi connectivity index (χ0n) is 13.2. The van der Waals surface area contributed by atoms with E-state index in [1.54, 1.807) is 12.0 Å². The van der Waals surface area contributed by atoms with Gasteiger partial charge in [-0.2, -0.15) is 0 Å². The molecule has 21 heavy (non-hydrogen) atoms. The second-order valence-electron chi connectivity index (χ2n) is 4.97. The van der Waals surface area contributed by atoms with Gasteiger partial charge in [0.1, 0.15) is 5.75 Å². The summed E-state index contributed by atoms with van der Waals surface area (Å²) in [5.74, 6) is 0.653. The fourth-order valence-electron chi connectivity index (χ4n) is 1.95. The number of rotatable bonds is 9. The van der Waals surface area contributed by atoms with Crippen LogP contribution in [-0.2, 0) is 16.1 Å². The third-order valence-corrected chi connectivity index (χ3v) is 3.50. The van der Waals surface area contributed by atoms with Crippen LogP contribution in [0.4, 0.5) is 0 Å². The lowest BCUT2D eigenvalue weighted by molar-refractivity contribution is -0.136. The summed E-state index contributed by atoms with van der Waals surface area (Å²) < 4.78 is 10.6. The van der Waals surface area contributed by atoms with Crippen LogP contribution < -0.4 is 10.5 Å². The minimum Gasteiger partial charge on any atom is -0.484 e. The molecule has 0 fully saturated rings. The number of carbonyl (C=O) groups excluding carboxylic acids is 1. The minimum absolute atomic E-state index is 0.0238. The fourth-order valence-corrected chi connectivity index (χ4v) is 1.95. The van der Waals surface area contributed by atoms with E-state index in [2.05, 4.69) is 6.92 Å². The molecule has 0 saturated heterocycles. The first-order valence-electron chi connectivity index (χ1n) is 7.32. The number of methoxy groups -OCH3 is 1. The van der Waals surface area contributed by atoms with Crippen molar-refractivity contribution in [2.75, 3.05) is 26.9 Å². The van der Waals surface area contributed by atoms with Crippen LogP contribution in [0.2, 0.25) is 0 Å². The number of amides is 1. The molecule has 1 rings (SSSR count). The Bertz CT molecular complexity index is 420. The summed E-state index contributed by atoms with van der Waals surface area (Å²) in [5, 5.41) is 0. The van der Waals surface area contributed by atoms with Crippen molar-refractivity contribution in [2.24, 2.45) is 5.73 Å². The molecule has 2 N–H and O–H groups in total. The van der Waals surface area contributed by atoms with Gasteiger partial charge in [-0.3, -0.25) is 4.79 Å². The van der Waals surface area contributed by atoms with E-state index in [0.717, 1.165) is 12.0 Å². The molecule has 0 spiro atoms. The number of nitrogens with two attached hydrogens (primary N) is 1. The Morgan fingerprint density at radius 1 is 1.33 bits per heavy atom. The standard InChI is InChI=1S/C16H26N2O3/c1-4-13(2)18(9-10-20-3)16(19)12-21-15-7-5-14(11-17)6-8-15/h5-8,13H,4,9-12,17H2,1-3H3. The van der Waals surface area contributed by atoms with Gasteiger partial charge in [-0.25, -0.2) is 0 Å². The first-order chi connectivity index (χ1) is 10.1. The molecule has 0 heterocycles. The molecule has 0 aliphatic carbocycles. The molecular weight excluding hydrogens is 268 g/mol. The summed E-state index contributed by atoms with van der Waals surface area (Å²) in [5.41, 5.74) is 6.58. The van der Waals surface area contributed by atoms with Crippen LogP contribution in [-0.4, -0.2) is 43.7 Å². The Balaban J connectivity index is 2.55. The second kappa shape index (κ2) is 9.37. The lowest BCUT2D eigenvalue weighted by Crippen LogP contribution is -2.43. The summed E-state index contributed by atoms with van der Waals surface area (Å²) in [4.78, 5) is 14.1. The molecule has 1 amide bonds. The highest BCUT2D eigenvalue weighted by atomic mass is 16.5. The molecule has 5 nitrogen and oxygen atoms in total. The SMILES string of the molecule is CCC(C)N(CCOC)C(=O)COc1ccc(CN)cc1. The van der Waals surface area contributed by atoms with Gasteiger partial charge in [0.2, 0.25) is 0 Å². The van der Waals surface area contributed by atoms with Gasteiger partial charge in [-0.15, -0.1) is 0 Å². The Hall–Kier alpha value is -1.59. The van der Waals surface area contributed by atoms with Gasteiger partial charge >= 0.3 is 0 Å². The van der Waals surface area contributed by atoms with Gasteiger partial charge in [0.25, 0.3) is 5.91 Å². The predicted octanol–water partition coefficient (Wildman–Crippen LogP) is 1.80. The number of hydrogen-bond donors (Lipinski definition) is 1. The van der Waals surface area contributed by atoms with Gasteiger partial charge < -0.3 is 20.1 Å². The van der Waals surface area contributed by atoms with Crippen LogP contribution in [0.25, 0.3) is 0 Å². The normalized spacial score (nSPS) is 12.0. The van der Waals surface area contributed by atoms with Crippen molar-refractivity contribution in [1.82, 2.24) is 4.90 Å². The largest absolute Gasteiger partial charge is 0.484 e. The van der Waals surface area contributed by atoms with Crippen LogP contribution in [0.3, 0.4) is 0 Å². The average molecular weight is 294 g/mol. The maximum atomic E-state index is 12.3. The molecule has 0 aromatic heterocycles. The second-order valence-corrected chi connectivity index (χ2v) is 4.97. The molecule has 0 bridgehead atoms. The molecule has 1 aromatic rings. The van der Waals surface area contributed by atoms with Gasteiger partial charge in [-0.1, -0.05) is 19.1 Å². The molecule has 5 heteroatoms. The number of ether oxygens (including phenoxy) is 2. The molecule has 0 radical (unpaired) electrons. The third kappa shape index (κ3) is 5.73. The van der Waals surface area contributed by atoms with Crippen molar-refractivity contribution < 1.29 is 14.3 Å². The Morgan fingerprint density at radius 3 is 2.52 bits per heavy atom. The van der Waals surface area contributed by atoms with E-state index < -0.39 is 0 Å². The Labute approximate surface area is 127 Å². The number of carbonyl (C=O) groups is 1. The maximum Gasteiger partial charge on any atom is 0.260 e. The van der Waals surface area contributed by atoms with E-state index in [9.17, 15) is 4.79 Å².